The number of rotatable bonds is 7. The first-order valence-corrected chi connectivity index (χ1v) is 6.34. The quantitative estimate of drug-likeness (QED) is 0.475. The van der Waals surface area contributed by atoms with E-state index in [1.54, 1.807) is 0 Å². The van der Waals surface area contributed by atoms with E-state index in [0.717, 1.165) is 0 Å². The summed E-state index contributed by atoms with van der Waals surface area (Å²) in [6, 6.07) is 4.40. The van der Waals surface area contributed by atoms with E-state index in [2.05, 4.69) is 42.9 Å². The number of nitrogens with zero attached hydrogens (tertiary/aromatic N) is 1. The van der Waals surface area contributed by atoms with E-state index >= 15 is 0 Å². The third-order valence-corrected chi connectivity index (χ3v) is 2.73. The second-order valence-corrected chi connectivity index (χ2v) is 4.26. The van der Waals surface area contributed by atoms with Gasteiger partial charge in [-0.1, -0.05) is 33.1 Å². The first kappa shape index (κ1) is 12.2. The molecule has 15 heavy (non-hydrogen) atoms. The van der Waals surface area contributed by atoms with Crippen LogP contribution in [0.25, 0.3) is 0 Å². The summed E-state index contributed by atoms with van der Waals surface area (Å²) >= 11 is 0. The fraction of sp³-hybridized carbons (Fsp3) is 0.643. The molecule has 0 atom stereocenters. The summed E-state index contributed by atoms with van der Waals surface area (Å²) in [7, 11) is 0. The van der Waals surface area contributed by atoms with Gasteiger partial charge in [-0.3, -0.25) is 0 Å². The molecule has 84 valence electrons. The molecule has 1 heterocycles. The molecule has 0 aliphatic rings. The Morgan fingerprint density at radius 3 is 2.67 bits per heavy atom. The zero-order valence-electron chi connectivity index (χ0n) is 10.2. The van der Waals surface area contributed by atoms with Gasteiger partial charge in [-0.05, 0) is 18.9 Å². The fourth-order valence-electron chi connectivity index (χ4n) is 1.87. The van der Waals surface area contributed by atoms with Gasteiger partial charge in [0.1, 0.15) is 6.54 Å². The predicted molar refractivity (Wildman–Crippen MR) is 64.8 cm³/mol. The van der Waals surface area contributed by atoms with E-state index in [1.165, 1.54) is 50.6 Å². The summed E-state index contributed by atoms with van der Waals surface area (Å²) in [4.78, 5) is 0. The normalized spacial score (nSPS) is 10.5. The Bertz CT molecular complexity index is 268. The molecule has 1 heteroatoms. The van der Waals surface area contributed by atoms with Crippen LogP contribution in [0.15, 0.2) is 24.5 Å². The van der Waals surface area contributed by atoms with Gasteiger partial charge < -0.3 is 0 Å². The van der Waals surface area contributed by atoms with E-state index in [4.69, 9.17) is 0 Å². The van der Waals surface area contributed by atoms with Gasteiger partial charge in [0.05, 0.1) is 0 Å². The fourth-order valence-corrected chi connectivity index (χ4v) is 1.87. The predicted octanol–water partition coefficient (Wildman–Crippen LogP) is 3.51. The molecule has 1 rings (SSSR count). The van der Waals surface area contributed by atoms with Crippen LogP contribution in [-0.2, 0) is 13.0 Å². The molecule has 0 radical (unpaired) electrons. The van der Waals surface area contributed by atoms with E-state index in [-0.39, 0.29) is 0 Å². The number of aryl methyl sites for hydroxylation is 2. The van der Waals surface area contributed by atoms with Crippen molar-refractivity contribution in [2.24, 2.45) is 0 Å². The Balaban J connectivity index is 2.36. The molecule has 0 unspecified atom stereocenters. The molecule has 0 saturated heterocycles. The van der Waals surface area contributed by atoms with Crippen LogP contribution in [0, 0.1) is 0 Å². The van der Waals surface area contributed by atoms with E-state index in [0.29, 0.717) is 0 Å². The Morgan fingerprint density at radius 1 is 1.07 bits per heavy atom. The van der Waals surface area contributed by atoms with Gasteiger partial charge in [0.15, 0.2) is 12.4 Å². The molecule has 1 aromatic rings. The van der Waals surface area contributed by atoms with Gasteiger partial charge in [0.25, 0.3) is 0 Å². The highest BCUT2D eigenvalue weighted by molar-refractivity contribution is 5.04. The number of hydrogen-bond donors (Lipinski definition) is 0. The largest absolute Gasteiger partial charge is 0.205 e. The number of unbranched alkanes of at least 4 members (excludes halogenated alkanes) is 3. The third-order valence-electron chi connectivity index (χ3n) is 2.73. The van der Waals surface area contributed by atoms with Crippen LogP contribution in [0.1, 0.15) is 51.5 Å². The molecule has 0 aromatic carbocycles. The number of aromatic nitrogens is 1. The molecule has 0 aliphatic heterocycles. The van der Waals surface area contributed by atoms with E-state index in [1.807, 2.05) is 0 Å². The highest BCUT2D eigenvalue weighted by Crippen LogP contribution is 2.01. The first-order valence-electron chi connectivity index (χ1n) is 6.34. The SMILES string of the molecule is CCCCCC[n+]1cccc(CCC)c1. The van der Waals surface area contributed by atoms with Gasteiger partial charge in [-0.2, -0.15) is 0 Å². The lowest BCUT2D eigenvalue weighted by Crippen LogP contribution is -2.33. The zero-order valence-corrected chi connectivity index (χ0v) is 10.2. The van der Waals surface area contributed by atoms with Gasteiger partial charge in [0, 0.05) is 18.1 Å². The van der Waals surface area contributed by atoms with Crippen molar-refractivity contribution >= 4 is 0 Å². The van der Waals surface area contributed by atoms with Crippen LogP contribution in [-0.4, -0.2) is 0 Å². The molecule has 0 aliphatic carbocycles. The van der Waals surface area contributed by atoms with Crippen LogP contribution >= 0.6 is 0 Å². The Morgan fingerprint density at radius 2 is 1.93 bits per heavy atom. The van der Waals surface area contributed by atoms with Crippen molar-refractivity contribution < 1.29 is 4.57 Å². The van der Waals surface area contributed by atoms with Gasteiger partial charge >= 0.3 is 0 Å². The summed E-state index contributed by atoms with van der Waals surface area (Å²) in [6.45, 7) is 5.67. The van der Waals surface area contributed by atoms with Gasteiger partial charge in [0.2, 0.25) is 0 Å². The smallest absolute Gasteiger partial charge is 0.171 e. The van der Waals surface area contributed by atoms with Crippen LogP contribution in [0.5, 0.6) is 0 Å². The average molecular weight is 206 g/mol. The monoisotopic (exact) mass is 206 g/mol. The summed E-state index contributed by atoms with van der Waals surface area (Å²) in [5.41, 5.74) is 1.47. The van der Waals surface area contributed by atoms with Gasteiger partial charge in [-0.25, -0.2) is 4.57 Å². The first-order chi connectivity index (χ1) is 7.36. The molecule has 1 nitrogen and oxygen atoms in total. The van der Waals surface area contributed by atoms with Crippen molar-refractivity contribution in [2.45, 2.75) is 58.9 Å². The van der Waals surface area contributed by atoms with Crippen LogP contribution in [0.2, 0.25) is 0 Å². The molecular weight excluding hydrogens is 182 g/mol. The van der Waals surface area contributed by atoms with Gasteiger partial charge in [-0.15, -0.1) is 0 Å². The third kappa shape index (κ3) is 4.96. The number of pyridine rings is 1. The van der Waals surface area contributed by atoms with Crippen molar-refractivity contribution in [3.63, 3.8) is 0 Å². The van der Waals surface area contributed by atoms with Crippen molar-refractivity contribution in [3.05, 3.63) is 30.1 Å². The van der Waals surface area contributed by atoms with E-state index < -0.39 is 0 Å². The molecule has 0 N–H and O–H groups in total. The second kappa shape index (κ2) is 7.44. The maximum Gasteiger partial charge on any atom is 0.171 e. The van der Waals surface area contributed by atoms with Crippen molar-refractivity contribution in [1.29, 1.82) is 0 Å². The van der Waals surface area contributed by atoms with Crippen molar-refractivity contribution in [1.82, 2.24) is 0 Å². The molecule has 0 fully saturated rings. The summed E-state index contributed by atoms with van der Waals surface area (Å²) in [5, 5.41) is 0. The standard InChI is InChI=1S/C14H24N/c1-3-5-6-7-11-15-12-8-10-14(13-15)9-4-2/h8,10,12-13H,3-7,9,11H2,1-2H3/q+1. The van der Waals surface area contributed by atoms with Crippen molar-refractivity contribution in [3.8, 4) is 0 Å². The van der Waals surface area contributed by atoms with Crippen molar-refractivity contribution in [2.75, 3.05) is 0 Å². The Labute approximate surface area is 94.1 Å². The topological polar surface area (TPSA) is 3.88 Å². The summed E-state index contributed by atoms with van der Waals surface area (Å²) in [5.74, 6) is 0. The molecule has 0 amide bonds. The zero-order chi connectivity index (χ0) is 10.9. The highest BCUT2D eigenvalue weighted by atomic mass is 14.9. The Hall–Kier alpha value is -0.850. The number of hydrogen-bond acceptors (Lipinski definition) is 0. The maximum atomic E-state index is 2.33. The average Bonchev–Trinajstić information content (AvgIpc) is 2.26. The molecule has 1 aromatic heterocycles. The highest BCUT2D eigenvalue weighted by Gasteiger charge is 2.01. The Kier molecular flexibility index (Phi) is 6.06. The minimum absolute atomic E-state index is 1.18. The molecule has 0 saturated carbocycles. The minimum Gasteiger partial charge on any atom is -0.205 e. The minimum atomic E-state index is 1.18. The van der Waals surface area contributed by atoms with Crippen LogP contribution < -0.4 is 4.57 Å². The van der Waals surface area contributed by atoms with Crippen LogP contribution in [0.4, 0.5) is 0 Å². The lowest BCUT2D eigenvalue weighted by Gasteiger charge is -1.99. The van der Waals surface area contributed by atoms with E-state index in [9.17, 15) is 0 Å². The van der Waals surface area contributed by atoms with Crippen LogP contribution in [0.3, 0.4) is 0 Å². The summed E-state index contributed by atoms with van der Waals surface area (Å²) in [6.07, 6.45) is 12.3. The molecule has 0 spiro atoms. The maximum absolute atomic E-state index is 2.33. The molecule has 0 bridgehead atoms. The molecular formula is C14H24N+. The lowest BCUT2D eigenvalue weighted by molar-refractivity contribution is -0.697. The lowest BCUT2D eigenvalue weighted by atomic mass is 10.1. The summed E-state index contributed by atoms with van der Waals surface area (Å²) < 4.78 is 2.33. The second-order valence-electron chi connectivity index (χ2n) is 4.26.